The van der Waals surface area contributed by atoms with Crippen LogP contribution in [0.3, 0.4) is 0 Å². The minimum absolute atomic E-state index is 0.208. The Hall–Kier alpha value is -1.86. The number of alkyl halides is 1. The summed E-state index contributed by atoms with van der Waals surface area (Å²) in [7, 11) is 0. The van der Waals surface area contributed by atoms with E-state index in [0.29, 0.717) is 11.3 Å². The number of benzene rings is 1. The first-order valence-corrected chi connectivity index (χ1v) is 9.17. The minimum atomic E-state index is -1.76. The van der Waals surface area contributed by atoms with Crippen molar-refractivity contribution in [3.05, 3.63) is 28.8 Å². The van der Waals surface area contributed by atoms with Crippen LogP contribution in [0.5, 0.6) is 0 Å². The average Bonchev–Trinajstić information content (AvgIpc) is 2.57. The van der Waals surface area contributed by atoms with Crippen LogP contribution in [-0.2, 0) is 9.59 Å². The van der Waals surface area contributed by atoms with Gasteiger partial charge in [-0.2, -0.15) is 0 Å². The summed E-state index contributed by atoms with van der Waals surface area (Å²) in [5.74, 6) is -4.03. The van der Waals surface area contributed by atoms with Crippen LogP contribution >= 0.6 is 11.6 Å². The second-order valence-electron chi connectivity index (χ2n) is 7.79. The van der Waals surface area contributed by atoms with Gasteiger partial charge in [-0.1, -0.05) is 25.4 Å². The van der Waals surface area contributed by atoms with E-state index in [0.717, 1.165) is 0 Å². The smallest absolute Gasteiger partial charge is 0.312 e. The molecule has 1 aliphatic heterocycles. The Kier molecular flexibility index (Phi) is 5.78. The van der Waals surface area contributed by atoms with Crippen LogP contribution in [-0.4, -0.2) is 40.9 Å². The number of rotatable bonds is 5. The molecular weight excluding hydrogens is 375 g/mol. The Labute approximate surface area is 162 Å². The molecule has 0 spiro atoms. The number of piperidine rings is 1. The van der Waals surface area contributed by atoms with Gasteiger partial charge in [0.05, 0.1) is 16.9 Å². The largest absolute Gasteiger partial charge is 0.481 e. The Bertz CT molecular complexity index is 759. The molecule has 0 bridgehead atoms. The third-order valence-electron chi connectivity index (χ3n) is 6.24. The predicted molar refractivity (Wildman–Crippen MR) is 102 cm³/mol. The molecule has 1 heterocycles. The van der Waals surface area contributed by atoms with Gasteiger partial charge in [-0.05, 0) is 43.5 Å². The maximum atomic E-state index is 13.9. The lowest BCUT2D eigenvalue weighted by atomic mass is 9.49. The van der Waals surface area contributed by atoms with Gasteiger partial charge in [0.15, 0.2) is 0 Å². The molecule has 1 saturated heterocycles. The fourth-order valence-electron chi connectivity index (χ4n) is 4.79. The number of nitrogens with one attached hydrogen (secondary N) is 1. The molecule has 0 saturated carbocycles. The van der Waals surface area contributed by atoms with Gasteiger partial charge in [-0.25, -0.2) is 4.39 Å². The monoisotopic (exact) mass is 400 g/mol. The van der Waals surface area contributed by atoms with E-state index in [2.05, 4.69) is 5.32 Å². The molecule has 1 aromatic rings. The van der Waals surface area contributed by atoms with Crippen LogP contribution in [0.4, 0.5) is 10.1 Å². The molecule has 8 heteroatoms. The molecule has 27 heavy (non-hydrogen) atoms. The predicted octanol–water partition coefficient (Wildman–Crippen LogP) is 3.15. The zero-order chi connectivity index (χ0) is 20.7. The third-order valence-corrected chi connectivity index (χ3v) is 6.59. The van der Waals surface area contributed by atoms with Crippen molar-refractivity contribution in [2.75, 3.05) is 12.4 Å². The molecule has 1 fully saturated rings. The lowest BCUT2D eigenvalue weighted by Gasteiger charge is -2.58. The number of halogens is 2. The van der Waals surface area contributed by atoms with Crippen LogP contribution in [0.2, 0.25) is 5.02 Å². The number of nitrogens with two attached hydrogens (primary N) is 1. The van der Waals surface area contributed by atoms with Crippen LogP contribution in [0, 0.1) is 16.7 Å². The van der Waals surface area contributed by atoms with Crippen molar-refractivity contribution >= 4 is 29.2 Å². The van der Waals surface area contributed by atoms with Crippen LogP contribution in [0.25, 0.3) is 0 Å². The molecular formula is C19H26ClFN2O4. The maximum Gasteiger partial charge on any atom is 0.312 e. The molecule has 0 aromatic heterocycles. The van der Waals surface area contributed by atoms with Crippen molar-refractivity contribution < 1.29 is 24.2 Å². The summed E-state index contributed by atoms with van der Waals surface area (Å²) in [6.45, 7) is 5.50. The SMILES string of the molecule is CC(C)C1(C(=O)O)C(C)NC(CF)C(C)(C(=O)O)C1c1cc(N)ccc1Cl. The molecule has 0 amide bonds. The highest BCUT2D eigenvalue weighted by atomic mass is 35.5. The molecule has 5 unspecified atom stereocenters. The van der Waals surface area contributed by atoms with Gasteiger partial charge < -0.3 is 21.3 Å². The highest BCUT2D eigenvalue weighted by Gasteiger charge is 2.67. The molecule has 0 radical (unpaired) electrons. The van der Waals surface area contributed by atoms with E-state index in [1.807, 2.05) is 0 Å². The Morgan fingerprint density at radius 2 is 1.93 bits per heavy atom. The highest BCUT2D eigenvalue weighted by Crippen LogP contribution is 2.59. The molecule has 0 aliphatic carbocycles. The van der Waals surface area contributed by atoms with Gasteiger partial charge in [0, 0.05) is 22.7 Å². The highest BCUT2D eigenvalue weighted by molar-refractivity contribution is 6.31. The second kappa shape index (κ2) is 7.28. The Balaban J connectivity index is 2.97. The van der Waals surface area contributed by atoms with Gasteiger partial charge in [-0.15, -0.1) is 0 Å². The molecule has 1 aliphatic rings. The van der Waals surface area contributed by atoms with Crippen molar-refractivity contribution in [1.29, 1.82) is 0 Å². The number of aliphatic carboxylic acids is 2. The first kappa shape index (κ1) is 21.4. The van der Waals surface area contributed by atoms with Crippen molar-refractivity contribution in [2.45, 2.75) is 45.7 Å². The standard InChI is InChI=1S/C19H26ClFN2O4/c1-9(2)19(17(26)27)10(3)23-14(8-21)18(4,16(24)25)15(19)12-7-11(22)5-6-13(12)20/h5-7,9-10,14-15,23H,8,22H2,1-4H3,(H,24,25)(H,26,27). The van der Waals surface area contributed by atoms with Gasteiger partial charge in [0.2, 0.25) is 0 Å². The van der Waals surface area contributed by atoms with Crippen LogP contribution in [0.1, 0.15) is 39.2 Å². The molecule has 5 N–H and O–H groups in total. The van der Waals surface area contributed by atoms with Crippen molar-refractivity contribution in [1.82, 2.24) is 5.32 Å². The zero-order valence-electron chi connectivity index (χ0n) is 15.8. The van der Waals surface area contributed by atoms with E-state index in [9.17, 15) is 24.2 Å². The normalized spacial score (nSPS) is 33.8. The summed E-state index contributed by atoms with van der Waals surface area (Å²) in [5.41, 5.74) is 3.23. The summed E-state index contributed by atoms with van der Waals surface area (Å²) >= 11 is 6.38. The first-order valence-electron chi connectivity index (χ1n) is 8.79. The van der Waals surface area contributed by atoms with Gasteiger partial charge in [0.1, 0.15) is 6.67 Å². The summed E-state index contributed by atoms with van der Waals surface area (Å²) in [4.78, 5) is 25.0. The lowest BCUT2D eigenvalue weighted by Crippen LogP contribution is -2.71. The van der Waals surface area contributed by atoms with Crippen LogP contribution in [0.15, 0.2) is 18.2 Å². The van der Waals surface area contributed by atoms with E-state index in [1.54, 1.807) is 26.8 Å². The third kappa shape index (κ3) is 2.97. The first-order chi connectivity index (χ1) is 12.4. The summed E-state index contributed by atoms with van der Waals surface area (Å²) in [5, 5.41) is 23.5. The quantitative estimate of drug-likeness (QED) is 0.565. The molecule has 150 valence electrons. The molecule has 2 rings (SSSR count). The van der Waals surface area contributed by atoms with Crippen molar-refractivity contribution in [3.8, 4) is 0 Å². The van der Waals surface area contributed by atoms with Gasteiger partial charge in [-0.3, -0.25) is 9.59 Å². The maximum absolute atomic E-state index is 13.9. The fourth-order valence-corrected chi connectivity index (χ4v) is 5.02. The number of hydrogen-bond donors (Lipinski definition) is 4. The van der Waals surface area contributed by atoms with E-state index >= 15 is 0 Å². The van der Waals surface area contributed by atoms with Gasteiger partial charge >= 0.3 is 11.9 Å². The Morgan fingerprint density at radius 1 is 1.33 bits per heavy atom. The minimum Gasteiger partial charge on any atom is -0.481 e. The average molecular weight is 401 g/mol. The number of carbonyl (C=O) groups is 2. The fraction of sp³-hybridized carbons (Fsp3) is 0.579. The number of hydrogen-bond acceptors (Lipinski definition) is 4. The van der Waals surface area contributed by atoms with Crippen LogP contribution < -0.4 is 11.1 Å². The Morgan fingerprint density at radius 3 is 2.37 bits per heavy atom. The van der Waals surface area contributed by atoms with Crippen molar-refractivity contribution in [3.63, 3.8) is 0 Å². The van der Waals surface area contributed by atoms with Crippen molar-refractivity contribution in [2.24, 2.45) is 16.7 Å². The van der Waals surface area contributed by atoms with Gasteiger partial charge in [0.25, 0.3) is 0 Å². The van der Waals surface area contributed by atoms with E-state index in [4.69, 9.17) is 17.3 Å². The van der Waals surface area contributed by atoms with E-state index in [1.165, 1.54) is 19.1 Å². The summed E-state index contributed by atoms with van der Waals surface area (Å²) < 4.78 is 13.9. The number of nitrogen functional groups attached to an aromatic ring is 1. The topological polar surface area (TPSA) is 113 Å². The van der Waals surface area contributed by atoms with E-state index < -0.39 is 53.4 Å². The number of carboxylic acid groups (broad SMARTS) is 2. The molecule has 6 nitrogen and oxygen atoms in total. The summed E-state index contributed by atoms with van der Waals surface area (Å²) in [6.07, 6.45) is 0. The number of carboxylic acids is 2. The summed E-state index contributed by atoms with van der Waals surface area (Å²) in [6, 6.07) is 2.78. The number of anilines is 1. The lowest BCUT2D eigenvalue weighted by molar-refractivity contribution is -0.176. The van der Waals surface area contributed by atoms with E-state index in [-0.39, 0.29) is 5.02 Å². The molecule has 1 aromatic carbocycles. The zero-order valence-corrected chi connectivity index (χ0v) is 16.5. The molecule has 5 atom stereocenters. The second-order valence-corrected chi connectivity index (χ2v) is 8.20.